The number of benzene rings is 1. The summed E-state index contributed by atoms with van der Waals surface area (Å²) < 4.78 is 0. The quantitative estimate of drug-likeness (QED) is 0.809. The first-order chi connectivity index (χ1) is 9.34. The Kier molecular flexibility index (Phi) is 3.65. The Morgan fingerprint density at radius 2 is 1.89 bits per heavy atom. The van der Waals surface area contributed by atoms with E-state index >= 15 is 0 Å². The van der Waals surface area contributed by atoms with Crippen molar-refractivity contribution in [2.45, 2.75) is 44.2 Å². The molecule has 0 amide bonds. The lowest BCUT2D eigenvalue weighted by atomic mass is 10.0. The molecule has 0 spiro atoms. The number of hydrogen-bond acceptors (Lipinski definition) is 3. The fourth-order valence-electron chi connectivity index (χ4n) is 2.93. The van der Waals surface area contributed by atoms with Gasteiger partial charge >= 0.3 is 0 Å². The summed E-state index contributed by atoms with van der Waals surface area (Å²) in [6, 6.07) is 11.0. The zero-order valence-electron chi connectivity index (χ0n) is 11.2. The van der Waals surface area contributed by atoms with Crippen LogP contribution in [0, 0.1) is 0 Å². The highest BCUT2D eigenvalue weighted by Crippen LogP contribution is 2.24. The monoisotopic (exact) mass is 255 g/mol. The van der Waals surface area contributed by atoms with Gasteiger partial charge in [0.1, 0.15) is 5.82 Å². The second-order valence-corrected chi connectivity index (χ2v) is 5.43. The van der Waals surface area contributed by atoms with Crippen molar-refractivity contribution in [1.29, 1.82) is 0 Å². The Hall–Kier alpha value is -1.61. The average molecular weight is 255 g/mol. The Morgan fingerprint density at radius 1 is 1.05 bits per heavy atom. The molecular weight excluding hydrogens is 234 g/mol. The molecule has 1 heterocycles. The number of fused-ring (bicyclic) bond motifs is 1. The highest BCUT2D eigenvalue weighted by atomic mass is 15.0. The van der Waals surface area contributed by atoms with Crippen molar-refractivity contribution in [3.8, 4) is 0 Å². The highest BCUT2D eigenvalue weighted by Gasteiger charge is 2.20. The highest BCUT2D eigenvalue weighted by molar-refractivity contribution is 5.91. The minimum absolute atomic E-state index is 0.239. The molecule has 2 unspecified atom stereocenters. The normalized spacial score (nSPS) is 24.1. The van der Waals surface area contributed by atoms with E-state index in [0.717, 1.165) is 18.7 Å². The van der Waals surface area contributed by atoms with Gasteiger partial charge in [-0.25, -0.2) is 4.98 Å². The predicted octanol–water partition coefficient (Wildman–Crippen LogP) is 3.31. The van der Waals surface area contributed by atoms with E-state index in [2.05, 4.69) is 34.6 Å². The molecule has 1 aromatic carbocycles. The minimum Gasteiger partial charge on any atom is -0.365 e. The average Bonchev–Trinajstić information content (AvgIpc) is 2.65. The van der Waals surface area contributed by atoms with Crippen molar-refractivity contribution in [3.05, 3.63) is 36.5 Å². The number of nitrogens with one attached hydrogen (secondary N) is 1. The number of hydrogen-bond donors (Lipinski definition) is 2. The van der Waals surface area contributed by atoms with Crippen molar-refractivity contribution in [2.75, 3.05) is 5.32 Å². The van der Waals surface area contributed by atoms with Crippen molar-refractivity contribution < 1.29 is 0 Å². The summed E-state index contributed by atoms with van der Waals surface area (Å²) in [5.74, 6) is 0.973. The molecule has 0 aliphatic heterocycles. The van der Waals surface area contributed by atoms with Crippen LogP contribution < -0.4 is 11.1 Å². The van der Waals surface area contributed by atoms with Gasteiger partial charge in [0.25, 0.3) is 0 Å². The first-order valence-corrected chi connectivity index (χ1v) is 7.20. The van der Waals surface area contributed by atoms with E-state index in [1.165, 1.54) is 30.0 Å². The molecule has 1 fully saturated rings. The zero-order chi connectivity index (χ0) is 13.1. The summed E-state index contributed by atoms with van der Waals surface area (Å²) in [6.45, 7) is 0. The van der Waals surface area contributed by atoms with E-state index in [1.54, 1.807) is 0 Å². The molecule has 3 nitrogen and oxygen atoms in total. The predicted molar refractivity (Wildman–Crippen MR) is 80.2 cm³/mol. The molecule has 1 aliphatic rings. The largest absolute Gasteiger partial charge is 0.365 e. The maximum Gasteiger partial charge on any atom is 0.134 e. The summed E-state index contributed by atoms with van der Waals surface area (Å²) in [5, 5.41) is 5.98. The van der Waals surface area contributed by atoms with Crippen LogP contribution in [0.3, 0.4) is 0 Å². The molecule has 3 heteroatoms. The van der Waals surface area contributed by atoms with Crippen LogP contribution in [0.1, 0.15) is 32.1 Å². The number of nitrogens with zero attached hydrogens (tertiary/aromatic N) is 1. The van der Waals surface area contributed by atoms with Crippen LogP contribution in [0.2, 0.25) is 0 Å². The summed E-state index contributed by atoms with van der Waals surface area (Å²) in [4.78, 5) is 4.50. The molecule has 1 aromatic heterocycles. The van der Waals surface area contributed by atoms with Crippen LogP contribution in [-0.2, 0) is 0 Å². The van der Waals surface area contributed by atoms with E-state index in [0.29, 0.717) is 6.04 Å². The molecule has 2 aromatic rings. The number of aromatic nitrogens is 1. The number of nitrogens with two attached hydrogens (primary N) is 1. The lowest BCUT2D eigenvalue weighted by Gasteiger charge is -2.23. The first-order valence-electron chi connectivity index (χ1n) is 7.20. The zero-order valence-corrected chi connectivity index (χ0v) is 11.2. The van der Waals surface area contributed by atoms with Gasteiger partial charge in [-0.05, 0) is 24.3 Å². The lowest BCUT2D eigenvalue weighted by Crippen LogP contribution is -2.39. The van der Waals surface area contributed by atoms with Crippen LogP contribution in [0.15, 0.2) is 36.5 Å². The second-order valence-electron chi connectivity index (χ2n) is 5.43. The first kappa shape index (κ1) is 12.4. The number of rotatable bonds is 2. The van der Waals surface area contributed by atoms with Gasteiger partial charge in [0.15, 0.2) is 0 Å². The fraction of sp³-hybridized carbons (Fsp3) is 0.438. The second kappa shape index (κ2) is 5.57. The van der Waals surface area contributed by atoms with Crippen LogP contribution >= 0.6 is 0 Å². The third-order valence-corrected chi connectivity index (χ3v) is 4.07. The molecule has 0 saturated heterocycles. The van der Waals surface area contributed by atoms with E-state index < -0.39 is 0 Å². The Labute approximate surface area is 114 Å². The molecule has 2 atom stereocenters. The third-order valence-electron chi connectivity index (χ3n) is 4.07. The summed E-state index contributed by atoms with van der Waals surface area (Å²) in [5.41, 5.74) is 6.28. The van der Waals surface area contributed by atoms with Crippen molar-refractivity contribution in [3.63, 3.8) is 0 Å². The van der Waals surface area contributed by atoms with E-state index in [9.17, 15) is 0 Å². The van der Waals surface area contributed by atoms with Gasteiger partial charge in [-0.1, -0.05) is 43.5 Å². The van der Waals surface area contributed by atoms with Gasteiger partial charge in [-0.3, -0.25) is 0 Å². The van der Waals surface area contributed by atoms with Gasteiger partial charge in [0.05, 0.1) is 0 Å². The topological polar surface area (TPSA) is 50.9 Å². The van der Waals surface area contributed by atoms with Gasteiger partial charge in [0.2, 0.25) is 0 Å². The summed E-state index contributed by atoms with van der Waals surface area (Å²) >= 11 is 0. The summed E-state index contributed by atoms with van der Waals surface area (Å²) in [7, 11) is 0. The molecular formula is C16H21N3. The van der Waals surface area contributed by atoms with Crippen molar-refractivity contribution in [1.82, 2.24) is 4.98 Å². The van der Waals surface area contributed by atoms with Crippen LogP contribution in [0.25, 0.3) is 10.8 Å². The van der Waals surface area contributed by atoms with E-state index in [-0.39, 0.29) is 6.04 Å². The van der Waals surface area contributed by atoms with Crippen molar-refractivity contribution >= 4 is 16.6 Å². The molecule has 19 heavy (non-hydrogen) atoms. The SMILES string of the molecule is NC1CCCCCC1Nc1nccc2ccccc12. The minimum atomic E-state index is 0.239. The molecule has 1 saturated carbocycles. The maximum absolute atomic E-state index is 6.28. The fourth-order valence-corrected chi connectivity index (χ4v) is 2.93. The summed E-state index contributed by atoms with van der Waals surface area (Å²) in [6.07, 6.45) is 7.94. The molecule has 1 aliphatic carbocycles. The Bertz CT molecular complexity index is 547. The lowest BCUT2D eigenvalue weighted by molar-refractivity contribution is 0.527. The molecule has 3 rings (SSSR count). The van der Waals surface area contributed by atoms with E-state index in [1.807, 2.05) is 12.3 Å². The van der Waals surface area contributed by atoms with Crippen LogP contribution in [0.5, 0.6) is 0 Å². The third kappa shape index (κ3) is 2.71. The van der Waals surface area contributed by atoms with Gasteiger partial charge in [-0.15, -0.1) is 0 Å². The number of pyridine rings is 1. The van der Waals surface area contributed by atoms with Crippen molar-refractivity contribution in [2.24, 2.45) is 5.73 Å². The molecule has 0 radical (unpaired) electrons. The van der Waals surface area contributed by atoms with Crippen LogP contribution in [-0.4, -0.2) is 17.1 Å². The standard InChI is InChI=1S/C16H21N3/c17-14-8-2-1-3-9-15(14)19-16-13-7-5-4-6-12(13)10-11-18-16/h4-7,10-11,14-15H,1-3,8-9,17H2,(H,18,19). The van der Waals surface area contributed by atoms with Crippen LogP contribution in [0.4, 0.5) is 5.82 Å². The number of anilines is 1. The maximum atomic E-state index is 6.28. The Balaban J connectivity index is 1.88. The molecule has 0 bridgehead atoms. The molecule has 3 N–H and O–H groups in total. The molecule has 100 valence electrons. The Morgan fingerprint density at radius 3 is 2.84 bits per heavy atom. The van der Waals surface area contributed by atoms with Gasteiger partial charge < -0.3 is 11.1 Å². The van der Waals surface area contributed by atoms with Gasteiger partial charge in [0, 0.05) is 23.7 Å². The van der Waals surface area contributed by atoms with Gasteiger partial charge in [-0.2, -0.15) is 0 Å². The smallest absolute Gasteiger partial charge is 0.134 e. The van der Waals surface area contributed by atoms with E-state index in [4.69, 9.17) is 5.73 Å².